The summed E-state index contributed by atoms with van der Waals surface area (Å²) in [6.07, 6.45) is 3.19. The van der Waals surface area contributed by atoms with Crippen molar-refractivity contribution in [1.29, 1.82) is 0 Å². The van der Waals surface area contributed by atoms with E-state index in [1.54, 1.807) is 30.9 Å². The molecule has 43 heavy (non-hydrogen) atoms. The summed E-state index contributed by atoms with van der Waals surface area (Å²) in [5.41, 5.74) is 1.87. The molecule has 224 valence electrons. The zero-order chi connectivity index (χ0) is 31.1. The van der Waals surface area contributed by atoms with E-state index in [1.165, 1.54) is 72.8 Å². The number of hydrogen-bond donors (Lipinski definition) is 0. The van der Waals surface area contributed by atoms with E-state index in [-0.39, 0.29) is 43.5 Å². The third-order valence-electron chi connectivity index (χ3n) is 6.65. The van der Waals surface area contributed by atoms with E-state index < -0.39 is 29.0 Å². The van der Waals surface area contributed by atoms with Gasteiger partial charge in [-0.05, 0) is 79.1 Å². The number of hydrogen-bond acceptors (Lipinski definition) is 9. The fraction of sp³-hybridized carbons (Fsp3) is 0.233. The summed E-state index contributed by atoms with van der Waals surface area (Å²) in [6.45, 7) is 3.48. The van der Waals surface area contributed by atoms with Crippen LogP contribution in [0.2, 0.25) is 0 Å². The molecule has 1 unspecified atom stereocenters. The SMILES string of the molecule is CCOP(=O)(OCC)C(c1ccc(F)cc1)N1C/C(=C\c2ccc([N+](=O)[O-])cc2)C(=O)/C(=C/c2ccc([N+](=O)[O-])cc2)C1. The van der Waals surface area contributed by atoms with Gasteiger partial charge in [-0.15, -0.1) is 0 Å². The first kappa shape index (κ1) is 31.6. The molecule has 0 amide bonds. The lowest BCUT2D eigenvalue weighted by molar-refractivity contribution is -0.385. The van der Waals surface area contributed by atoms with Crippen LogP contribution in [0.5, 0.6) is 0 Å². The Labute approximate surface area is 247 Å². The van der Waals surface area contributed by atoms with Crippen molar-refractivity contribution in [2.45, 2.75) is 19.6 Å². The average Bonchev–Trinajstić information content (AvgIpc) is 2.97. The smallest absolute Gasteiger partial charge is 0.308 e. The normalized spacial score (nSPS) is 16.9. The Hall–Kier alpha value is -4.35. The third kappa shape index (κ3) is 7.54. The second-order valence-corrected chi connectivity index (χ2v) is 11.7. The number of nitro benzene ring substituents is 2. The molecule has 1 saturated heterocycles. The van der Waals surface area contributed by atoms with E-state index >= 15 is 0 Å². The molecule has 13 heteroatoms. The molecule has 1 aliphatic heterocycles. The van der Waals surface area contributed by atoms with Crippen molar-refractivity contribution in [3.05, 3.63) is 127 Å². The topological polar surface area (TPSA) is 142 Å². The summed E-state index contributed by atoms with van der Waals surface area (Å²) in [6, 6.07) is 16.8. The Kier molecular flexibility index (Phi) is 10.1. The number of halogens is 1. The van der Waals surface area contributed by atoms with Crippen molar-refractivity contribution in [1.82, 2.24) is 4.90 Å². The number of nitro groups is 2. The van der Waals surface area contributed by atoms with Gasteiger partial charge in [-0.1, -0.05) is 12.1 Å². The van der Waals surface area contributed by atoms with Crippen LogP contribution < -0.4 is 0 Å². The van der Waals surface area contributed by atoms with Gasteiger partial charge in [-0.25, -0.2) is 4.39 Å². The zero-order valence-corrected chi connectivity index (χ0v) is 24.3. The molecule has 11 nitrogen and oxygen atoms in total. The van der Waals surface area contributed by atoms with E-state index in [0.29, 0.717) is 27.8 Å². The van der Waals surface area contributed by atoms with Crippen molar-refractivity contribution >= 4 is 36.9 Å². The first-order valence-electron chi connectivity index (χ1n) is 13.4. The van der Waals surface area contributed by atoms with Crippen molar-refractivity contribution in [2.24, 2.45) is 0 Å². The van der Waals surface area contributed by atoms with Gasteiger partial charge in [0.25, 0.3) is 11.4 Å². The first-order valence-corrected chi connectivity index (χ1v) is 15.0. The van der Waals surface area contributed by atoms with Gasteiger partial charge in [0.1, 0.15) is 11.6 Å². The van der Waals surface area contributed by atoms with Crippen molar-refractivity contribution in [3.63, 3.8) is 0 Å². The van der Waals surface area contributed by atoms with Crippen molar-refractivity contribution < 1.29 is 32.6 Å². The van der Waals surface area contributed by atoms with E-state index in [0.717, 1.165) is 0 Å². The molecular formula is C30H29FN3O8P. The maximum absolute atomic E-state index is 14.3. The number of carbonyl (C=O) groups is 1. The number of piperidine rings is 1. The highest BCUT2D eigenvalue weighted by molar-refractivity contribution is 7.54. The fourth-order valence-electron chi connectivity index (χ4n) is 4.79. The summed E-state index contributed by atoms with van der Waals surface area (Å²) < 4.78 is 39.6. The van der Waals surface area contributed by atoms with Gasteiger partial charge in [0.05, 0.1) is 23.1 Å². The van der Waals surface area contributed by atoms with Crippen molar-refractivity contribution in [2.75, 3.05) is 26.3 Å². The molecule has 0 N–H and O–H groups in total. The molecule has 3 aromatic rings. The van der Waals surface area contributed by atoms with E-state index in [9.17, 15) is 34.0 Å². The lowest BCUT2D eigenvalue weighted by Gasteiger charge is -2.39. The Morgan fingerprint density at radius 1 is 0.814 bits per heavy atom. The number of nitrogens with zero attached hydrogens (tertiary/aromatic N) is 3. The largest absolute Gasteiger partial charge is 0.352 e. The minimum atomic E-state index is -3.92. The first-order chi connectivity index (χ1) is 20.5. The lowest BCUT2D eigenvalue weighted by Crippen LogP contribution is -2.40. The van der Waals surface area contributed by atoms with Crippen LogP contribution in [-0.2, 0) is 18.4 Å². The minimum Gasteiger partial charge on any atom is -0.308 e. The van der Waals surface area contributed by atoms with E-state index in [2.05, 4.69) is 0 Å². The van der Waals surface area contributed by atoms with Crippen LogP contribution in [0.4, 0.5) is 15.8 Å². The highest BCUT2D eigenvalue weighted by Crippen LogP contribution is 2.62. The van der Waals surface area contributed by atoms with Gasteiger partial charge in [-0.2, -0.15) is 0 Å². The molecule has 1 atom stereocenters. The summed E-state index contributed by atoms with van der Waals surface area (Å²) >= 11 is 0. The van der Waals surface area contributed by atoms with Gasteiger partial charge >= 0.3 is 7.60 Å². The number of benzene rings is 3. The second kappa shape index (κ2) is 13.7. The summed E-state index contributed by atoms with van der Waals surface area (Å²) in [4.78, 5) is 36.7. The third-order valence-corrected chi connectivity index (χ3v) is 9.11. The van der Waals surface area contributed by atoms with Gasteiger partial charge < -0.3 is 9.05 Å². The Bertz CT molecular complexity index is 1520. The molecule has 0 saturated carbocycles. The van der Waals surface area contributed by atoms with Crippen LogP contribution in [0.1, 0.15) is 36.3 Å². The standard InChI is InChI=1S/C30H29FN3O8P/c1-3-41-43(40,42-4-2)30(23-9-11-26(31)12-10-23)32-19-24(17-21-5-13-27(14-6-21)33(36)37)29(35)25(20-32)18-22-7-15-28(16-8-22)34(38)39/h5-18,30H,3-4,19-20H2,1-2H3/b24-17+,25-18+. The number of Topliss-reactive ketones (excluding diaryl/α,β-unsaturated/α-hetero) is 1. The minimum absolute atomic E-state index is 0.000393. The van der Waals surface area contributed by atoms with Crippen LogP contribution in [-0.4, -0.2) is 46.8 Å². The number of likely N-dealkylation sites (tertiary alicyclic amines) is 1. The highest BCUT2D eigenvalue weighted by Gasteiger charge is 2.44. The Morgan fingerprint density at radius 2 is 1.23 bits per heavy atom. The van der Waals surface area contributed by atoms with Gasteiger partial charge in [0, 0.05) is 48.5 Å². The van der Waals surface area contributed by atoms with Crippen molar-refractivity contribution in [3.8, 4) is 0 Å². The molecule has 1 fully saturated rings. The Morgan fingerprint density at radius 3 is 1.60 bits per heavy atom. The quantitative estimate of drug-likeness (QED) is 0.0976. The highest BCUT2D eigenvalue weighted by atomic mass is 31.2. The molecular weight excluding hydrogens is 580 g/mol. The van der Waals surface area contributed by atoms with Crippen LogP contribution in [0.25, 0.3) is 12.2 Å². The van der Waals surface area contributed by atoms with Crippen LogP contribution in [0.15, 0.2) is 83.9 Å². The number of carbonyl (C=O) groups excluding carboxylic acids is 1. The zero-order valence-electron chi connectivity index (χ0n) is 23.4. The molecule has 1 heterocycles. The lowest BCUT2D eigenvalue weighted by atomic mass is 9.93. The monoisotopic (exact) mass is 609 g/mol. The molecule has 3 aromatic carbocycles. The number of non-ortho nitro benzene ring substituents is 2. The maximum Gasteiger partial charge on any atom is 0.352 e. The van der Waals surface area contributed by atoms with E-state index in [1.807, 2.05) is 0 Å². The molecule has 0 aromatic heterocycles. The number of ketones is 1. The molecule has 0 spiro atoms. The van der Waals surface area contributed by atoms with Crippen LogP contribution >= 0.6 is 7.60 Å². The average molecular weight is 610 g/mol. The molecule has 0 bridgehead atoms. The Balaban J connectivity index is 1.85. The summed E-state index contributed by atoms with van der Waals surface area (Å²) in [5.74, 6) is -1.84. The van der Waals surface area contributed by atoms with E-state index in [4.69, 9.17) is 9.05 Å². The summed E-state index contributed by atoms with van der Waals surface area (Å²) in [7, 11) is -3.92. The number of rotatable bonds is 11. The van der Waals surface area contributed by atoms with Crippen LogP contribution in [0, 0.1) is 26.0 Å². The maximum atomic E-state index is 14.3. The molecule has 4 rings (SSSR count). The molecule has 0 radical (unpaired) electrons. The van der Waals surface area contributed by atoms with Gasteiger partial charge in [-0.3, -0.25) is 34.5 Å². The predicted molar refractivity (Wildman–Crippen MR) is 159 cm³/mol. The summed E-state index contributed by atoms with van der Waals surface area (Å²) in [5, 5.41) is 22.2. The van der Waals surface area contributed by atoms with Crippen LogP contribution in [0.3, 0.4) is 0 Å². The van der Waals surface area contributed by atoms with Gasteiger partial charge in [0.2, 0.25) is 0 Å². The second-order valence-electron chi connectivity index (χ2n) is 9.57. The predicted octanol–water partition coefficient (Wildman–Crippen LogP) is 6.96. The molecule has 1 aliphatic rings. The fourth-order valence-corrected chi connectivity index (χ4v) is 6.97. The molecule has 0 aliphatic carbocycles. The van der Waals surface area contributed by atoms with Gasteiger partial charge in [0.15, 0.2) is 5.78 Å².